The summed E-state index contributed by atoms with van der Waals surface area (Å²) in [7, 11) is 0. The molecule has 0 aliphatic carbocycles. The first-order chi connectivity index (χ1) is 15.1. The van der Waals surface area contributed by atoms with Gasteiger partial charge in [-0.2, -0.15) is 0 Å². The number of nitrogens with one attached hydrogen (secondary N) is 2. The van der Waals surface area contributed by atoms with Gasteiger partial charge in [-0.15, -0.1) is 0 Å². The van der Waals surface area contributed by atoms with Crippen LogP contribution in [0.5, 0.6) is 0 Å². The van der Waals surface area contributed by atoms with Crippen molar-refractivity contribution in [2.75, 3.05) is 0 Å². The van der Waals surface area contributed by atoms with Gasteiger partial charge in [0.25, 0.3) is 0 Å². The maximum atomic E-state index is 4.78. The highest BCUT2D eigenvalue weighted by Gasteiger charge is 2.09. The van der Waals surface area contributed by atoms with Gasteiger partial charge in [-0.3, -0.25) is 0 Å². The van der Waals surface area contributed by atoms with Gasteiger partial charge in [0.15, 0.2) is 0 Å². The van der Waals surface area contributed by atoms with Crippen molar-refractivity contribution in [2.45, 2.75) is 6.92 Å². The maximum Gasteiger partial charge on any atom is 0.0688 e. The summed E-state index contributed by atoms with van der Waals surface area (Å²) in [6.07, 6.45) is 13.7. The fourth-order valence-corrected chi connectivity index (χ4v) is 3.83. The Labute approximate surface area is 180 Å². The third-order valence-electron chi connectivity index (χ3n) is 5.41. The van der Waals surface area contributed by atoms with Gasteiger partial charge in [0.1, 0.15) is 0 Å². The summed E-state index contributed by atoms with van der Waals surface area (Å²) in [4.78, 5) is 16.6. The maximum absolute atomic E-state index is 4.78. The molecule has 0 spiro atoms. The van der Waals surface area contributed by atoms with E-state index >= 15 is 0 Å². The predicted molar refractivity (Wildman–Crippen MR) is 132 cm³/mol. The third kappa shape index (κ3) is 3.60. The summed E-state index contributed by atoms with van der Waals surface area (Å²) in [6.45, 7) is 10.1. The summed E-state index contributed by atoms with van der Waals surface area (Å²) in [5.74, 6) is 0. The predicted octanol–water partition coefficient (Wildman–Crippen LogP) is 6.72. The molecule has 3 aromatic heterocycles. The van der Waals surface area contributed by atoms with E-state index in [0.717, 1.165) is 61.5 Å². The molecule has 0 unspecified atom stereocenters. The van der Waals surface area contributed by atoms with E-state index in [1.807, 2.05) is 48.6 Å². The smallest absolute Gasteiger partial charge is 0.0688 e. The quantitative estimate of drug-likeness (QED) is 0.329. The standard InChI is InChI=1S/C27H22N4/c1-4-5-6-17(2)27-25-13-9-21(30-25)15-19-7-11-23(28-19)18(3)24-12-8-20(29-24)16-22-10-14-26(27)31-22/h4-16,30-31H,1-2H2,3H3/b6-5-,19-15?,20-16?,21-15?,22-16?,23-18?,24-18?,27-25?,27-26?. The SMILES string of the molecule is C=C/C=C\C(=C)c1c2ccc(cc3nc(c(C)c4nc(cc5ccc1[nH]5)C=C4)C=C3)[nH]2. The number of nitrogens with zero attached hydrogens (tertiary/aromatic N) is 2. The molecule has 4 heteroatoms. The zero-order valence-corrected chi connectivity index (χ0v) is 17.3. The molecule has 0 radical (unpaired) electrons. The summed E-state index contributed by atoms with van der Waals surface area (Å²) < 4.78 is 0. The van der Waals surface area contributed by atoms with Crippen molar-refractivity contribution < 1.29 is 0 Å². The number of aromatic nitrogens is 4. The lowest BCUT2D eigenvalue weighted by Crippen LogP contribution is -1.86. The van der Waals surface area contributed by atoms with Gasteiger partial charge < -0.3 is 9.97 Å². The van der Waals surface area contributed by atoms with Crippen LogP contribution in [-0.4, -0.2) is 19.9 Å². The molecule has 0 atom stereocenters. The molecular formula is C27H22N4. The van der Waals surface area contributed by atoms with E-state index < -0.39 is 0 Å². The number of fused-ring (bicyclic) bond motifs is 8. The van der Waals surface area contributed by atoms with Crippen LogP contribution in [-0.2, 0) is 0 Å². The first-order valence-electron chi connectivity index (χ1n) is 10.2. The Hall–Kier alpha value is -4.18. The first kappa shape index (κ1) is 18.8. The first-order valence-corrected chi connectivity index (χ1v) is 10.2. The molecule has 5 heterocycles. The van der Waals surface area contributed by atoms with E-state index in [1.165, 1.54) is 0 Å². The molecule has 2 aliphatic rings. The van der Waals surface area contributed by atoms with Crippen molar-refractivity contribution in [1.29, 1.82) is 0 Å². The van der Waals surface area contributed by atoms with E-state index in [1.54, 1.807) is 6.08 Å². The normalized spacial score (nSPS) is 12.5. The van der Waals surface area contributed by atoms with Gasteiger partial charge in [-0.25, -0.2) is 9.97 Å². The van der Waals surface area contributed by atoms with Crippen molar-refractivity contribution in [3.63, 3.8) is 0 Å². The fourth-order valence-electron chi connectivity index (χ4n) is 3.83. The molecule has 2 N–H and O–H groups in total. The Kier molecular flexibility index (Phi) is 4.60. The van der Waals surface area contributed by atoms with E-state index in [0.29, 0.717) is 0 Å². The van der Waals surface area contributed by atoms with E-state index in [-0.39, 0.29) is 0 Å². The second-order valence-corrected chi connectivity index (χ2v) is 7.57. The molecular weight excluding hydrogens is 380 g/mol. The Bertz CT molecular complexity index is 1380. The van der Waals surface area contributed by atoms with Crippen LogP contribution in [0.2, 0.25) is 0 Å². The van der Waals surface area contributed by atoms with Crippen LogP contribution in [0.1, 0.15) is 33.9 Å². The average Bonchev–Trinajstić information content (AvgIpc) is 3.55. The summed E-state index contributed by atoms with van der Waals surface area (Å²) in [6, 6.07) is 12.4. The molecule has 4 nitrogen and oxygen atoms in total. The molecule has 150 valence electrons. The van der Waals surface area contributed by atoms with Crippen LogP contribution in [0.3, 0.4) is 0 Å². The van der Waals surface area contributed by atoms with Crippen molar-refractivity contribution in [3.8, 4) is 0 Å². The third-order valence-corrected chi connectivity index (χ3v) is 5.41. The summed E-state index contributed by atoms with van der Waals surface area (Å²) in [5.41, 5.74) is 10.6. The second-order valence-electron chi connectivity index (χ2n) is 7.57. The lowest BCUT2D eigenvalue weighted by atomic mass is 10.1. The van der Waals surface area contributed by atoms with Gasteiger partial charge in [0.05, 0.1) is 22.8 Å². The van der Waals surface area contributed by atoms with Crippen molar-refractivity contribution in [1.82, 2.24) is 19.9 Å². The molecule has 2 aliphatic heterocycles. The zero-order chi connectivity index (χ0) is 21.4. The van der Waals surface area contributed by atoms with Gasteiger partial charge in [0, 0.05) is 33.2 Å². The minimum atomic E-state index is 0.885. The van der Waals surface area contributed by atoms with Crippen molar-refractivity contribution in [3.05, 3.63) is 102 Å². The largest absolute Gasteiger partial charge is 0.355 e. The van der Waals surface area contributed by atoms with Crippen LogP contribution in [0, 0.1) is 6.92 Å². The Morgan fingerprint density at radius 1 is 0.839 bits per heavy atom. The summed E-state index contributed by atoms with van der Waals surface area (Å²) >= 11 is 0. The molecule has 31 heavy (non-hydrogen) atoms. The van der Waals surface area contributed by atoms with Crippen LogP contribution >= 0.6 is 0 Å². The highest BCUT2D eigenvalue weighted by molar-refractivity contribution is 5.92. The second kappa shape index (κ2) is 7.58. The van der Waals surface area contributed by atoms with Crippen molar-refractivity contribution in [2.24, 2.45) is 0 Å². The number of allylic oxidation sites excluding steroid dienone is 4. The fraction of sp³-hybridized carbons (Fsp3) is 0.0370. The van der Waals surface area contributed by atoms with E-state index in [2.05, 4.69) is 54.3 Å². The van der Waals surface area contributed by atoms with Gasteiger partial charge in [-0.1, -0.05) is 31.4 Å². The number of hydrogen-bond donors (Lipinski definition) is 2. The lowest BCUT2D eigenvalue weighted by molar-refractivity contribution is 1.21. The van der Waals surface area contributed by atoms with Crippen LogP contribution in [0.15, 0.2) is 67.8 Å². The molecule has 5 rings (SSSR count). The highest BCUT2D eigenvalue weighted by Crippen LogP contribution is 2.26. The van der Waals surface area contributed by atoms with Crippen LogP contribution < -0.4 is 0 Å². The Morgan fingerprint density at radius 2 is 1.39 bits per heavy atom. The molecule has 0 amide bonds. The minimum absolute atomic E-state index is 0.885. The lowest BCUT2D eigenvalue weighted by Gasteiger charge is -2.01. The number of H-pyrrole nitrogens is 2. The number of hydrogen-bond acceptors (Lipinski definition) is 2. The van der Waals surface area contributed by atoms with Crippen molar-refractivity contribution >= 4 is 51.9 Å². The summed E-state index contributed by atoms with van der Waals surface area (Å²) in [5, 5.41) is 0. The topological polar surface area (TPSA) is 57.4 Å². The average molecular weight is 403 g/mol. The van der Waals surface area contributed by atoms with Crippen LogP contribution in [0.25, 0.3) is 51.9 Å². The Balaban J connectivity index is 1.88. The van der Waals surface area contributed by atoms with Gasteiger partial charge in [0.2, 0.25) is 0 Å². The molecule has 0 fully saturated rings. The van der Waals surface area contributed by atoms with Gasteiger partial charge in [-0.05, 0) is 73.2 Å². The molecule has 8 bridgehead atoms. The molecule has 0 aromatic carbocycles. The minimum Gasteiger partial charge on any atom is -0.355 e. The monoisotopic (exact) mass is 402 g/mol. The molecule has 3 aromatic rings. The Morgan fingerprint density at radius 3 is 1.90 bits per heavy atom. The van der Waals surface area contributed by atoms with Crippen LogP contribution in [0.4, 0.5) is 0 Å². The van der Waals surface area contributed by atoms with E-state index in [9.17, 15) is 0 Å². The highest BCUT2D eigenvalue weighted by atomic mass is 14.8. The number of aromatic amines is 2. The number of rotatable bonds is 3. The van der Waals surface area contributed by atoms with E-state index in [4.69, 9.17) is 9.97 Å². The molecule has 0 saturated carbocycles. The zero-order valence-electron chi connectivity index (χ0n) is 17.3. The molecule has 0 saturated heterocycles. The van der Waals surface area contributed by atoms with Gasteiger partial charge >= 0.3 is 0 Å².